The Morgan fingerprint density at radius 2 is 2.27 bits per heavy atom. The molecule has 1 saturated heterocycles. The van der Waals surface area contributed by atoms with E-state index in [-0.39, 0.29) is 11.8 Å². The number of carbonyl (C=O) groups is 1. The summed E-state index contributed by atoms with van der Waals surface area (Å²) in [6.07, 6.45) is 0. The van der Waals surface area contributed by atoms with Gasteiger partial charge in [0.1, 0.15) is 0 Å². The van der Waals surface area contributed by atoms with Crippen molar-refractivity contribution in [2.24, 2.45) is 5.92 Å². The van der Waals surface area contributed by atoms with Crippen LogP contribution >= 0.6 is 0 Å². The first-order valence-electron chi connectivity index (χ1n) is 5.17. The zero-order valence-corrected chi connectivity index (χ0v) is 9.05. The quantitative estimate of drug-likeness (QED) is 0.647. The molecule has 2 rings (SSSR count). The largest absolute Gasteiger partial charge is 0.352 e. The van der Waals surface area contributed by atoms with Gasteiger partial charge in [0.15, 0.2) is 0 Å². The number of rotatable bonds is 3. The van der Waals surface area contributed by atoms with E-state index < -0.39 is 0 Å². The highest BCUT2D eigenvalue weighted by Gasteiger charge is 2.24. The molecule has 0 atom stereocenters. The lowest BCUT2D eigenvalue weighted by Gasteiger charge is -2.25. The lowest BCUT2D eigenvalue weighted by atomic mass is 10.0. The number of nitrogens with one attached hydrogen (secondary N) is 3. The number of carbonyl (C=O) groups excluding carboxylic acids is 1. The molecule has 0 saturated carbocycles. The molecule has 0 spiro atoms. The zero-order chi connectivity index (χ0) is 10.8. The van der Waals surface area contributed by atoms with Crippen LogP contribution in [-0.2, 0) is 11.3 Å². The first kappa shape index (κ1) is 10.2. The lowest BCUT2D eigenvalue weighted by molar-refractivity contribution is -0.126. The maximum Gasteiger partial charge on any atom is 0.225 e. The second kappa shape index (κ2) is 4.02. The molecule has 5 nitrogen and oxygen atoms in total. The highest BCUT2D eigenvalue weighted by Crippen LogP contribution is 2.09. The molecule has 0 aromatic carbocycles. The maximum atomic E-state index is 11.6. The van der Waals surface area contributed by atoms with Gasteiger partial charge >= 0.3 is 0 Å². The molecule has 3 N–H and O–H groups in total. The zero-order valence-electron chi connectivity index (χ0n) is 9.05. The normalized spacial score (nSPS) is 16.1. The molecule has 82 valence electrons. The van der Waals surface area contributed by atoms with Crippen LogP contribution in [0, 0.1) is 19.8 Å². The number of hydrogen-bond donors (Lipinski definition) is 3. The van der Waals surface area contributed by atoms with Gasteiger partial charge in [-0.15, -0.1) is 0 Å². The fourth-order valence-electron chi connectivity index (χ4n) is 1.63. The summed E-state index contributed by atoms with van der Waals surface area (Å²) in [6.45, 7) is 6.08. The molecule has 15 heavy (non-hydrogen) atoms. The molecule has 1 aliphatic rings. The number of nitrogens with zero attached hydrogens (tertiary/aromatic N) is 1. The third-order valence-corrected chi connectivity index (χ3v) is 2.87. The van der Waals surface area contributed by atoms with Crippen molar-refractivity contribution in [2.45, 2.75) is 20.4 Å². The summed E-state index contributed by atoms with van der Waals surface area (Å²) in [5.41, 5.74) is 3.08. The van der Waals surface area contributed by atoms with Crippen LogP contribution in [0.3, 0.4) is 0 Å². The Morgan fingerprint density at radius 1 is 1.53 bits per heavy atom. The van der Waals surface area contributed by atoms with E-state index in [1.54, 1.807) is 0 Å². The number of aromatic nitrogens is 2. The molecular formula is C10H16N4O. The van der Waals surface area contributed by atoms with Crippen LogP contribution in [-0.4, -0.2) is 29.2 Å². The number of aromatic amines is 1. The van der Waals surface area contributed by atoms with E-state index in [9.17, 15) is 4.79 Å². The number of H-pyrrole nitrogens is 1. The van der Waals surface area contributed by atoms with Gasteiger partial charge in [-0.3, -0.25) is 9.89 Å². The first-order chi connectivity index (χ1) is 7.18. The van der Waals surface area contributed by atoms with Gasteiger partial charge in [0.05, 0.1) is 11.6 Å². The van der Waals surface area contributed by atoms with Crippen LogP contribution in [0.25, 0.3) is 0 Å². The van der Waals surface area contributed by atoms with Crippen molar-refractivity contribution in [1.29, 1.82) is 0 Å². The molecular weight excluding hydrogens is 192 g/mol. The van der Waals surface area contributed by atoms with Crippen LogP contribution in [0.5, 0.6) is 0 Å². The van der Waals surface area contributed by atoms with Gasteiger partial charge < -0.3 is 10.6 Å². The maximum absolute atomic E-state index is 11.6. The van der Waals surface area contributed by atoms with Gasteiger partial charge in [0, 0.05) is 30.9 Å². The summed E-state index contributed by atoms with van der Waals surface area (Å²) < 4.78 is 0. The molecule has 0 radical (unpaired) electrons. The summed E-state index contributed by atoms with van der Waals surface area (Å²) in [7, 11) is 0. The van der Waals surface area contributed by atoms with Crippen LogP contribution in [0.2, 0.25) is 0 Å². The predicted molar refractivity (Wildman–Crippen MR) is 56.3 cm³/mol. The van der Waals surface area contributed by atoms with Crippen molar-refractivity contribution in [3.8, 4) is 0 Å². The highest BCUT2D eigenvalue weighted by molar-refractivity contribution is 5.80. The molecule has 1 aliphatic heterocycles. The van der Waals surface area contributed by atoms with Crippen molar-refractivity contribution >= 4 is 5.91 Å². The lowest BCUT2D eigenvalue weighted by Crippen LogP contribution is -2.50. The summed E-state index contributed by atoms with van der Waals surface area (Å²) in [5, 5.41) is 13.0. The van der Waals surface area contributed by atoms with Crippen molar-refractivity contribution in [2.75, 3.05) is 13.1 Å². The van der Waals surface area contributed by atoms with Crippen LogP contribution < -0.4 is 10.6 Å². The molecule has 1 fully saturated rings. The van der Waals surface area contributed by atoms with Gasteiger partial charge in [-0.2, -0.15) is 5.10 Å². The topological polar surface area (TPSA) is 69.8 Å². The van der Waals surface area contributed by atoms with Crippen molar-refractivity contribution in [3.63, 3.8) is 0 Å². The standard InChI is InChI=1S/C10H16N4O/c1-6-9(7(2)14-13-6)5-12-10(15)8-3-11-4-8/h8,11H,3-5H2,1-2H3,(H,12,15)(H,13,14). The molecule has 1 amide bonds. The van der Waals surface area contributed by atoms with Crippen molar-refractivity contribution < 1.29 is 4.79 Å². The van der Waals surface area contributed by atoms with Crippen LogP contribution in [0.4, 0.5) is 0 Å². The number of hydrogen-bond acceptors (Lipinski definition) is 3. The average molecular weight is 208 g/mol. The second-order valence-electron chi connectivity index (χ2n) is 3.99. The molecule has 0 bridgehead atoms. The van der Waals surface area contributed by atoms with E-state index in [0.29, 0.717) is 6.54 Å². The van der Waals surface area contributed by atoms with Gasteiger partial charge in [0.25, 0.3) is 0 Å². The highest BCUT2D eigenvalue weighted by atomic mass is 16.2. The van der Waals surface area contributed by atoms with E-state index in [1.807, 2.05) is 13.8 Å². The minimum absolute atomic E-state index is 0.133. The fourth-order valence-corrected chi connectivity index (χ4v) is 1.63. The molecule has 0 aliphatic carbocycles. The smallest absolute Gasteiger partial charge is 0.225 e. The van der Waals surface area contributed by atoms with Crippen LogP contribution in [0.1, 0.15) is 17.0 Å². The summed E-state index contributed by atoms with van der Waals surface area (Å²) in [5.74, 6) is 0.284. The third kappa shape index (κ3) is 2.02. The van der Waals surface area contributed by atoms with Gasteiger partial charge in [-0.05, 0) is 13.8 Å². The fraction of sp³-hybridized carbons (Fsp3) is 0.600. The Morgan fingerprint density at radius 3 is 2.73 bits per heavy atom. The third-order valence-electron chi connectivity index (χ3n) is 2.87. The Kier molecular flexibility index (Phi) is 2.73. The summed E-state index contributed by atoms with van der Waals surface area (Å²) >= 11 is 0. The Balaban J connectivity index is 1.89. The first-order valence-corrected chi connectivity index (χ1v) is 5.17. The van der Waals surface area contributed by atoms with Crippen LogP contribution in [0.15, 0.2) is 0 Å². The minimum atomic E-state index is 0.133. The van der Waals surface area contributed by atoms with E-state index in [1.165, 1.54) is 0 Å². The minimum Gasteiger partial charge on any atom is -0.352 e. The summed E-state index contributed by atoms with van der Waals surface area (Å²) in [6, 6.07) is 0. The molecule has 0 unspecified atom stereocenters. The van der Waals surface area contributed by atoms with E-state index in [2.05, 4.69) is 20.8 Å². The number of aryl methyl sites for hydroxylation is 2. The van der Waals surface area contributed by atoms with E-state index in [0.717, 1.165) is 30.0 Å². The number of amides is 1. The summed E-state index contributed by atoms with van der Waals surface area (Å²) in [4.78, 5) is 11.6. The van der Waals surface area contributed by atoms with E-state index >= 15 is 0 Å². The molecule has 2 heterocycles. The van der Waals surface area contributed by atoms with Gasteiger partial charge in [-0.25, -0.2) is 0 Å². The molecule has 1 aromatic heterocycles. The van der Waals surface area contributed by atoms with Gasteiger partial charge in [0.2, 0.25) is 5.91 Å². The Bertz CT molecular complexity index is 348. The molecule has 5 heteroatoms. The van der Waals surface area contributed by atoms with Crippen molar-refractivity contribution in [1.82, 2.24) is 20.8 Å². The van der Waals surface area contributed by atoms with E-state index in [4.69, 9.17) is 0 Å². The Labute approximate surface area is 88.6 Å². The predicted octanol–water partition coefficient (Wildman–Crippen LogP) is -0.138. The SMILES string of the molecule is Cc1n[nH]c(C)c1CNC(=O)C1CNC1. The Hall–Kier alpha value is -1.36. The second-order valence-corrected chi connectivity index (χ2v) is 3.99. The average Bonchev–Trinajstić information content (AvgIpc) is 2.41. The van der Waals surface area contributed by atoms with Gasteiger partial charge in [-0.1, -0.05) is 0 Å². The monoisotopic (exact) mass is 208 g/mol. The van der Waals surface area contributed by atoms with Crippen molar-refractivity contribution in [3.05, 3.63) is 17.0 Å². The molecule has 1 aromatic rings.